The molecule has 3 saturated carbocycles. The molecule has 0 aromatic heterocycles. The number of fused-ring (bicyclic) bond motifs is 5. The van der Waals surface area contributed by atoms with Gasteiger partial charge in [-0.3, -0.25) is 28.3 Å². The van der Waals surface area contributed by atoms with Crippen LogP contribution in [0.25, 0.3) is 0 Å². The van der Waals surface area contributed by atoms with Crippen molar-refractivity contribution in [3.05, 3.63) is 23.8 Å². The van der Waals surface area contributed by atoms with Crippen LogP contribution in [0.2, 0.25) is 0 Å². The Morgan fingerprint density at radius 2 is 1.81 bits per heavy atom. The van der Waals surface area contributed by atoms with Gasteiger partial charge in [0, 0.05) is 47.7 Å². The van der Waals surface area contributed by atoms with Gasteiger partial charge in [0.1, 0.15) is 18.9 Å². The van der Waals surface area contributed by atoms with E-state index in [0.29, 0.717) is 0 Å². The quantitative estimate of drug-likeness (QED) is 0.0536. The number of phosphoric ester groups is 1. The van der Waals surface area contributed by atoms with Gasteiger partial charge >= 0.3 is 21.4 Å². The molecule has 5 aliphatic carbocycles. The molecule has 0 aliphatic heterocycles. The molecule has 59 heavy (non-hydrogen) atoms. The Morgan fingerprint density at radius 1 is 1.07 bits per heavy atom. The number of ether oxygens (including phenoxy) is 2. The van der Waals surface area contributed by atoms with Crippen LogP contribution in [0.3, 0.4) is 0 Å². The van der Waals surface area contributed by atoms with E-state index < -0.39 is 97.2 Å². The first-order valence-corrected chi connectivity index (χ1v) is 24.9. The molecular weight excluding hydrogens is 832 g/mol. The number of thioether (sulfide) groups is 1. The van der Waals surface area contributed by atoms with Crippen LogP contribution in [0.1, 0.15) is 111 Å². The van der Waals surface area contributed by atoms with E-state index in [1.54, 1.807) is 20.8 Å². The Labute approximate surface area is 349 Å². The van der Waals surface area contributed by atoms with Gasteiger partial charge in [0.25, 0.3) is 0 Å². The number of alkyl halides is 2. The second kappa shape index (κ2) is 19.1. The average Bonchev–Trinajstić information content (AvgIpc) is 3.36. The second-order valence-corrected chi connectivity index (χ2v) is 21.6. The minimum atomic E-state index is -4.97. The highest BCUT2D eigenvalue weighted by molar-refractivity contribution is 8.13. The van der Waals surface area contributed by atoms with Crippen LogP contribution < -0.4 is 0 Å². The maximum Gasteiger partial charge on any atom is 0.479 e. The Balaban J connectivity index is 1.15. The standard InChI is InChI=1S/C41H58F2O13P2S/c1-5-36(47)55-41(27(2)22-31-32-24-34(42)33-23-28(44)17-18-38(33,3)40(32,43)35(46)25-39(31,41)4)37(48)59-21-12-11-20-57(49,50)56-58(51,52)54-19-13-14-29(45)26-53-30-15-9-7-6-8-10-16-30/h17-18,23,27,30-32,34-35,46H,5-9,11-15,19-22,24-26H2,1-4H3,(H,49,50)(H,51,52)/t27-,30?,31+,32+,34+,35+,38+,39+,40+,41+/m1/s1. The fourth-order valence-electron chi connectivity index (χ4n) is 10.2. The van der Waals surface area contributed by atoms with Crippen molar-refractivity contribution in [1.29, 1.82) is 0 Å². The van der Waals surface area contributed by atoms with Gasteiger partial charge in [-0.1, -0.05) is 51.0 Å². The highest BCUT2D eigenvalue weighted by Crippen LogP contribution is 2.72. The summed E-state index contributed by atoms with van der Waals surface area (Å²) in [7, 11) is -9.63. The molecule has 3 fully saturated rings. The van der Waals surface area contributed by atoms with Crippen LogP contribution >= 0.6 is 27.2 Å². The summed E-state index contributed by atoms with van der Waals surface area (Å²) in [5, 5.41) is 11.2. The topological polar surface area (TPSA) is 200 Å². The summed E-state index contributed by atoms with van der Waals surface area (Å²) in [6.45, 7) is 5.90. The lowest BCUT2D eigenvalue weighted by atomic mass is 9.44. The zero-order valence-corrected chi connectivity index (χ0v) is 36.8. The number of carbonyl (C=O) groups is 4. The molecule has 0 radical (unpaired) electrons. The third-order valence-corrected chi connectivity index (χ3v) is 17.5. The molecule has 330 valence electrons. The van der Waals surface area contributed by atoms with Gasteiger partial charge in [-0.2, -0.15) is 0 Å². The van der Waals surface area contributed by atoms with Crippen molar-refractivity contribution in [3.8, 4) is 11.8 Å². The molecular formula is C41H58F2O13P2S. The van der Waals surface area contributed by atoms with Gasteiger partial charge in [0.05, 0.1) is 18.9 Å². The van der Waals surface area contributed by atoms with Crippen LogP contribution in [0.4, 0.5) is 8.78 Å². The summed E-state index contributed by atoms with van der Waals surface area (Å²) in [5.41, 5.74) is -7.17. The number of esters is 1. The third-order valence-electron chi connectivity index (χ3n) is 13.2. The maximum absolute atomic E-state index is 17.7. The number of hydrogen-bond acceptors (Lipinski definition) is 12. The minimum absolute atomic E-state index is 0.0145. The maximum atomic E-state index is 17.7. The summed E-state index contributed by atoms with van der Waals surface area (Å²) in [6, 6.07) is 0. The van der Waals surface area contributed by atoms with E-state index in [9.17, 15) is 43.2 Å². The van der Waals surface area contributed by atoms with Gasteiger partial charge in [-0.15, -0.1) is 5.92 Å². The first-order chi connectivity index (χ1) is 27.7. The summed E-state index contributed by atoms with van der Waals surface area (Å²) in [5.74, 6) is 2.29. The van der Waals surface area contributed by atoms with E-state index in [0.717, 1.165) is 49.9 Å². The third kappa shape index (κ3) is 9.95. The van der Waals surface area contributed by atoms with Crippen LogP contribution in [0.15, 0.2) is 23.8 Å². The van der Waals surface area contributed by atoms with Gasteiger partial charge in [0.2, 0.25) is 5.12 Å². The first kappa shape index (κ1) is 48.0. The molecule has 13 nitrogen and oxygen atoms in total. The molecule has 0 spiro atoms. The van der Waals surface area contributed by atoms with Gasteiger partial charge in [-0.25, -0.2) is 17.7 Å². The number of aliphatic hydroxyl groups is 1. The Hall–Kier alpha value is -2.05. The fourth-order valence-corrected chi connectivity index (χ4v) is 14.2. The molecule has 12 atom stereocenters. The molecule has 5 rings (SSSR count). The molecule has 0 aromatic rings. The van der Waals surface area contributed by atoms with E-state index in [4.69, 9.17) is 14.0 Å². The normalized spacial score (nSPS) is 37.2. The minimum Gasteiger partial charge on any atom is -0.449 e. The SMILES string of the molecule is CCC(=O)O[C@]1(C(=O)SCCCCP(=O)(O)OP(=O)(O)OCCCC(=O)COC2C#CCCCCC2)[C@H](C)C[C@H]2[C@@H]3C[C@H](F)C4=CC(=O)C=C[C@]4(C)[C@@]3(F)[C@@H](O)C[C@@]21C. The molecule has 3 unspecified atom stereocenters. The Morgan fingerprint density at radius 3 is 2.54 bits per heavy atom. The zero-order valence-electron chi connectivity index (χ0n) is 34.2. The van der Waals surface area contributed by atoms with E-state index in [1.165, 1.54) is 19.1 Å². The van der Waals surface area contributed by atoms with Gasteiger partial charge in [0.15, 0.2) is 22.8 Å². The van der Waals surface area contributed by atoms with Crippen LogP contribution in [0.5, 0.6) is 0 Å². The van der Waals surface area contributed by atoms with Crippen molar-refractivity contribution in [3.63, 3.8) is 0 Å². The lowest BCUT2D eigenvalue weighted by molar-refractivity contribution is -0.228. The number of rotatable bonds is 18. The van der Waals surface area contributed by atoms with Crippen molar-refractivity contribution >= 4 is 49.8 Å². The van der Waals surface area contributed by atoms with E-state index >= 15 is 8.78 Å². The Bertz CT molecular complexity index is 1850. The fraction of sp³-hybridized carbons (Fsp3) is 0.756. The number of carbonyl (C=O) groups excluding carboxylic acids is 4. The number of phosphoric acid groups is 1. The van der Waals surface area contributed by atoms with E-state index in [1.807, 2.05) is 0 Å². The number of aliphatic hydroxyl groups excluding tert-OH is 1. The lowest BCUT2D eigenvalue weighted by Gasteiger charge is -2.63. The monoisotopic (exact) mass is 890 g/mol. The Kier molecular flexibility index (Phi) is 15.6. The number of ketones is 2. The zero-order chi connectivity index (χ0) is 43.4. The van der Waals surface area contributed by atoms with E-state index in [2.05, 4.69) is 16.2 Å². The number of halogens is 2. The van der Waals surface area contributed by atoms with Crippen LogP contribution in [0, 0.1) is 40.4 Å². The van der Waals surface area contributed by atoms with Crippen molar-refractivity contribution in [1.82, 2.24) is 0 Å². The summed E-state index contributed by atoms with van der Waals surface area (Å²) < 4.78 is 79.9. The van der Waals surface area contributed by atoms with Crippen molar-refractivity contribution in [2.75, 3.05) is 25.1 Å². The summed E-state index contributed by atoms with van der Waals surface area (Å²) in [4.78, 5) is 72.3. The number of Topliss-reactive ketones (excluding diaryl/α,β-unsaturated/α-hetero) is 1. The largest absolute Gasteiger partial charge is 0.479 e. The van der Waals surface area contributed by atoms with E-state index in [-0.39, 0.29) is 81.2 Å². The van der Waals surface area contributed by atoms with Crippen molar-refractivity contribution in [2.45, 2.75) is 141 Å². The highest BCUT2D eigenvalue weighted by atomic mass is 32.2. The average molecular weight is 891 g/mol. The molecule has 5 aliphatic rings. The lowest BCUT2D eigenvalue weighted by Crippen LogP contribution is -2.70. The second-order valence-electron chi connectivity index (χ2n) is 17.0. The first-order valence-electron chi connectivity index (χ1n) is 20.6. The van der Waals surface area contributed by atoms with Crippen LogP contribution in [-0.4, -0.2) is 92.3 Å². The summed E-state index contributed by atoms with van der Waals surface area (Å²) >= 11 is 0.816. The molecule has 0 saturated heterocycles. The molecule has 3 N–H and O–H groups in total. The molecule has 0 amide bonds. The van der Waals surface area contributed by atoms with Crippen molar-refractivity contribution < 1.29 is 70.3 Å². The predicted octanol–water partition coefficient (Wildman–Crippen LogP) is 7.30. The molecule has 18 heteroatoms. The van der Waals surface area contributed by atoms with Crippen molar-refractivity contribution in [2.24, 2.45) is 28.6 Å². The molecule has 0 bridgehead atoms. The number of unbranched alkanes of at least 4 members (excludes halogenated alkanes) is 1. The highest BCUT2D eigenvalue weighted by Gasteiger charge is 2.78. The smallest absolute Gasteiger partial charge is 0.449 e. The number of hydrogen-bond donors (Lipinski definition) is 3. The number of allylic oxidation sites excluding steroid dienone is 4. The molecule has 0 heterocycles. The molecule has 0 aromatic carbocycles. The van der Waals surface area contributed by atoms with Gasteiger partial charge in [-0.05, 0) is 88.4 Å². The predicted molar refractivity (Wildman–Crippen MR) is 215 cm³/mol. The summed E-state index contributed by atoms with van der Waals surface area (Å²) in [6.07, 6.45) is 3.65. The van der Waals surface area contributed by atoms with Crippen LogP contribution in [-0.2, 0) is 46.6 Å². The van der Waals surface area contributed by atoms with Gasteiger partial charge < -0.3 is 24.4 Å².